The molecule has 1 N–H and O–H groups in total. The van der Waals surface area contributed by atoms with Crippen LogP contribution in [0.1, 0.15) is 11.1 Å². The molecule has 2 aromatic rings. The maximum Gasteiger partial charge on any atom is 0.246 e. The zero-order valence-electron chi connectivity index (χ0n) is 12.4. The van der Waals surface area contributed by atoms with Gasteiger partial charge in [-0.3, -0.25) is 9.79 Å². The summed E-state index contributed by atoms with van der Waals surface area (Å²) in [6, 6.07) is 13.4. The molecule has 1 aliphatic rings. The number of hydrogen-bond acceptors (Lipinski definition) is 3. The highest BCUT2D eigenvalue weighted by Crippen LogP contribution is 2.29. The van der Waals surface area contributed by atoms with Crippen LogP contribution in [0, 0.1) is 0 Å². The van der Waals surface area contributed by atoms with Crippen molar-refractivity contribution in [3.05, 3.63) is 58.6 Å². The van der Waals surface area contributed by atoms with Crippen LogP contribution in [0.4, 0.5) is 11.4 Å². The predicted molar refractivity (Wildman–Crippen MR) is 91.4 cm³/mol. The summed E-state index contributed by atoms with van der Waals surface area (Å²) in [7, 11) is 3.95. The van der Waals surface area contributed by atoms with Crippen LogP contribution < -0.4 is 10.2 Å². The van der Waals surface area contributed by atoms with Gasteiger partial charge < -0.3 is 10.2 Å². The number of aliphatic imine (C=N–C) groups is 1. The zero-order valence-corrected chi connectivity index (χ0v) is 13.2. The molecule has 0 radical (unpaired) electrons. The topological polar surface area (TPSA) is 44.7 Å². The molecule has 0 fully saturated rings. The number of nitrogens with one attached hydrogen (secondary N) is 1. The molecular weight excluding hydrogens is 298 g/mol. The van der Waals surface area contributed by atoms with E-state index < -0.39 is 0 Å². The van der Waals surface area contributed by atoms with Crippen LogP contribution in [-0.2, 0) is 4.79 Å². The van der Waals surface area contributed by atoms with Gasteiger partial charge in [0, 0.05) is 35.9 Å². The average molecular weight is 314 g/mol. The van der Waals surface area contributed by atoms with Crippen molar-refractivity contribution in [1.29, 1.82) is 0 Å². The lowest BCUT2D eigenvalue weighted by atomic mass is 9.99. The highest BCUT2D eigenvalue weighted by atomic mass is 35.5. The van der Waals surface area contributed by atoms with Crippen molar-refractivity contribution < 1.29 is 4.79 Å². The van der Waals surface area contributed by atoms with Crippen molar-refractivity contribution in [2.24, 2.45) is 4.99 Å². The summed E-state index contributed by atoms with van der Waals surface area (Å²) in [5.74, 6) is -0.124. The largest absolute Gasteiger partial charge is 0.378 e. The van der Waals surface area contributed by atoms with E-state index in [0.717, 1.165) is 28.2 Å². The molecule has 1 heterocycles. The van der Waals surface area contributed by atoms with E-state index in [1.165, 1.54) is 0 Å². The molecule has 112 valence electrons. The molecule has 0 bridgehead atoms. The Balaban J connectivity index is 2.21. The first-order valence-corrected chi connectivity index (χ1v) is 7.35. The number of rotatable bonds is 2. The summed E-state index contributed by atoms with van der Waals surface area (Å²) in [6.45, 7) is 0.0898. The van der Waals surface area contributed by atoms with Crippen molar-refractivity contribution in [2.75, 3.05) is 30.9 Å². The monoisotopic (exact) mass is 313 g/mol. The Morgan fingerprint density at radius 2 is 1.91 bits per heavy atom. The Hall–Kier alpha value is -2.33. The minimum Gasteiger partial charge on any atom is -0.378 e. The molecule has 1 aliphatic heterocycles. The maximum atomic E-state index is 11.9. The molecule has 0 atom stereocenters. The fourth-order valence-electron chi connectivity index (χ4n) is 2.42. The highest BCUT2D eigenvalue weighted by molar-refractivity contribution is 6.36. The van der Waals surface area contributed by atoms with Gasteiger partial charge in [-0.1, -0.05) is 29.8 Å². The molecule has 0 saturated heterocycles. The molecular formula is C17H16ClN3O. The molecule has 0 saturated carbocycles. The number of benzene rings is 2. The Bertz CT molecular complexity index is 768. The maximum absolute atomic E-state index is 11.9. The summed E-state index contributed by atoms with van der Waals surface area (Å²) < 4.78 is 0. The summed E-state index contributed by atoms with van der Waals surface area (Å²) in [4.78, 5) is 18.4. The number of anilines is 2. The summed E-state index contributed by atoms with van der Waals surface area (Å²) in [5, 5.41) is 3.51. The SMILES string of the molecule is CN(C)c1ccc2c(c1)C(c1ccccc1Cl)=NCC(=O)N2. The number of amides is 1. The Morgan fingerprint density at radius 3 is 2.64 bits per heavy atom. The first-order chi connectivity index (χ1) is 10.6. The van der Waals surface area contributed by atoms with E-state index in [0.29, 0.717) is 5.02 Å². The van der Waals surface area contributed by atoms with Crippen LogP contribution in [0.15, 0.2) is 47.5 Å². The Labute approximate surface area is 134 Å². The number of nitrogens with zero attached hydrogens (tertiary/aromatic N) is 2. The molecule has 3 rings (SSSR count). The molecule has 0 aliphatic carbocycles. The standard InChI is InChI=1S/C17H16ClN3O/c1-21(2)11-7-8-15-13(9-11)17(19-10-16(22)20-15)12-5-3-4-6-14(12)18/h3-9H,10H2,1-2H3,(H,20,22). The molecule has 5 heteroatoms. The number of fused-ring (bicyclic) bond motifs is 1. The molecule has 1 amide bonds. The number of hydrogen-bond donors (Lipinski definition) is 1. The second-order valence-electron chi connectivity index (χ2n) is 5.32. The fraction of sp³-hybridized carbons (Fsp3) is 0.176. The second kappa shape index (κ2) is 5.81. The minimum absolute atomic E-state index is 0.0898. The predicted octanol–water partition coefficient (Wildman–Crippen LogP) is 3.20. The average Bonchev–Trinajstić information content (AvgIpc) is 2.65. The molecule has 22 heavy (non-hydrogen) atoms. The highest BCUT2D eigenvalue weighted by Gasteiger charge is 2.20. The van der Waals surface area contributed by atoms with Crippen LogP contribution in [0.5, 0.6) is 0 Å². The smallest absolute Gasteiger partial charge is 0.246 e. The summed E-state index contributed by atoms with van der Waals surface area (Å²) >= 11 is 6.32. The summed E-state index contributed by atoms with van der Waals surface area (Å²) in [6.07, 6.45) is 0. The Kier molecular flexibility index (Phi) is 3.86. The van der Waals surface area contributed by atoms with Gasteiger partial charge in [-0.05, 0) is 24.3 Å². The van der Waals surface area contributed by atoms with E-state index >= 15 is 0 Å². The lowest BCUT2D eigenvalue weighted by Gasteiger charge is -2.17. The van der Waals surface area contributed by atoms with Gasteiger partial charge in [0.15, 0.2) is 0 Å². The molecule has 2 aromatic carbocycles. The van der Waals surface area contributed by atoms with Gasteiger partial charge in [-0.2, -0.15) is 0 Å². The molecule has 0 spiro atoms. The number of halogens is 1. The quantitative estimate of drug-likeness (QED) is 0.925. The van der Waals surface area contributed by atoms with Crippen LogP contribution in [-0.4, -0.2) is 32.3 Å². The second-order valence-corrected chi connectivity index (χ2v) is 5.72. The van der Waals surface area contributed by atoms with Gasteiger partial charge in [0.25, 0.3) is 0 Å². The van der Waals surface area contributed by atoms with Crippen molar-refractivity contribution in [3.63, 3.8) is 0 Å². The zero-order chi connectivity index (χ0) is 15.7. The van der Waals surface area contributed by atoms with Gasteiger partial charge in [0.1, 0.15) is 6.54 Å². The number of carbonyl (C=O) groups excluding carboxylic acids is 1. The van der Waals surface area contributed by atoms with Crippen LogP contribution >= 0.6 is 11.6 Å². The van der Waals surface area contributed by atoms with Crippen molar-refractivity contribution in [3.8, 4) is 0 Å². The molecule has 0 unspecified atom stereocenters. The third-order valence-corrected chi connectivity index (χ3v) is 3.89. The van der Waals surface area contributed by atoms with E-state index in [-0.39, 0.29) is 12.5 Å². The van der Waals surface area contributed by atoms with Gasteiger partial charge in [0.05, 0.1) is 11.4 Å². The van der Waals surface area contributed by atoms with E-state index in [9.17, 15) is 4.79 Å². The molecule has 4 nitrogen and oxygen atoms in total. The minimum atomic E-state index is -0.124. The van der Waals surface area contributed by atoms with Gasteiger partial charge in [0.2, 0.25) is 5.91 Å². The van der Waals surface area contributed by atoms with E-state index in [1.807, 2.05) is 61.5 Å². The van der Waals surface area contributed by atoms with Crippen molar-refractivity contribution >= 4 is 34.6 Å². The first kappa shape index (κ1) is 14.6. The van der Waals surface area contributed by atoms with Crippen molar-refractivity contribution in [2.45, 2.75) is 0 Å². The summed E-state index contributed by atoms with van der Waals surface area (Å²) in [5.41, 5.74) is 4.24. The van der Waals surface area contributed by atoms with Crippen LogP contribution in [0.2, 0.25) is 5.02 Å². The van der Waals surface area contributed by atoms with Gasteiger partial charge in [-0.25, -0.2) is 0 Å². The lowest BCUT2D eigenvalue weighted by Crippen LogP contribution is -2.14. The Morgan fingerprint density at radius 1 is 1.14 bits per heavy atom. The van der Waals surface area contributed by atoms with Crippen molar-refractivity contribution in [1.82, 2.24) is 0 Å². The third-order valence-electron chi connectivity index (χ3n) is 3.56. The number of benzodiazepines with no additional fused rings is 1. The van der Waals surface area contributed by atoms with E-state index in [4.69, 9.17) is 11.6 Å². The fourth-order valence-corrected chi connectivity index (χ4v) is 2.65. The lowest BCUT2D eigenvalue weighted by molar-refractivity contribution is -0.114. The molecule has 0 aromatic heterocycles. The third kappa shape index (κ3) is 2.70. The first-order valence-electron chi connectivity index (χ1n) is 6.97. The van der Waals surface area contributed by atoms with Gasteiger partial charge >= 0.3 is 0 Å². The van der Waals surface area contributed by atoms with Gasteiger partial charge in [-0.15, -0.1) is 0 Å². The van der Waals surface area contributed by atoms with E-state index in [1.54, 1.807) is 0 Å². The van der Waals surface area contributed by atoms with Crippen LogP contribution in [0.3, 0.4) is 0 Å². The van der Waals surface area contributed by atoms with Crippen LogP contribution in [0.25, 0.3) is 0 Å². The number of carbonyl (C=O) groups is 1. The normalized spacial score (nSPS) is 13.8. The van der Waals surface area contributed by atoms with E-state index in [2.05, 4.69) is 10.3 Å².